The van der Waals surface area contributed by atoms with Crippen LogP contribution in [0.2, 0.25) is 0 Å². The molecule has 1 aliphatic rings. The molecule has 0 spiro atoms. The first-order valence-electron chi connectivity index (χ1n) is 11.1. The number of hydrogen-bond acceptors (Lipinski definition) is 4. The standard InChI is InChI=1S/C24H32N4O4S/c1-4-25-24(30)26-16-18-6-9-19(10-7-18)20-11-13-28(14-12-20)23(29)21-8-5-17(2)22(15-21)27-33(3,31)32/h5-10,15,20,27H,4,11-14,16H2,1-3H3,(H2,25,26,30). The molecule has 1 heterocycles. The molecule has 2 aromatic carbocycles. The highest BCUT2D eigenvalue weighted by molar-refractivity contribution is 7.92. The summed E-state index contributed by atoms with van der Waals surface area (Å²) in [4.78, 5) is 26.4. The summed E-state index contributed by atoms with van der Waals surface area (Å²) >= 11 is 0. The van der Waals surface area contributed by atoms with Crippen LogP contribution in [0.4, 0.5) is 10.5 Å². The maximum Gasteiger partial charge on any atom is 0.315 e. The van der Waals surface area contributed by atoms with Crippen molar-refractivity contribution in [3.8, 4) is 0 Å². The Morgan fingerprint density at radius 2 is 1.70 bits per heavy atom. The third kappa shape index (κ3) is 6.95. The fraction of sp³-hybridized carbons (Fsp3) is 0.417. The SMILES string of the molecule is CCNC(=O)NCc1ccc(C2CCN(C(=O)c3ccc(C)c(NS(C)(=O)=O)c3)CC2)cc1. The maximum absolute atomic E-state index is 13.0. The number of rotatable bonds is 7. The highest BCUT2D eigenvalue weighted by Crippen LogP contribution is 2.29. The van der Waals surface area contributed by atoms with E-state index in [0.29, 0.717) is 43.3 Å². The number of anilines is 1. The van der Waals surface area contributed by atoms with Crippen LogP contribution in [0, 0.1) is 6.92 Å². The molecule has 1 aliphatic heterocycles. The van der Waals surface area contributed by atoms with Gasteiger partial charge in [-0.1, -0.05) is 30.3 Å². The molecule has 8 nitrogen and oxygen atoms in total. The molecule has 33 heavy (non-hydrogen) atoms. The van der Waals surface area contributed by atoms with Crippen LogP contribution in [0.1, 0.15) is 52.7 Å². The normalized spacial score (nSPS) is 14.6. The van der Waals surface area contributed by atoms with Crippen LogP contribution >= 0.6 is 0 Å². The van der Waals surface area contributed by atoms with Crippen molar-refractivity contribution in [1.82, 2.24) is 15.5 Å². The fourth-order valence-electron chi connectivity index (χ4n) is 3.98. The van der Waals surface area contributed by atoms with E-state index in [1.807, 2.05) is 24.0 Å². The number of hydrogen-bond donors (Lipinski definition) is 3. The Kier molecular flexibility index (Phi) is 7.97. The predicted octanol–water partition coefficient (Wildman–Crippen LogP) is 3.21. The lowest BCUT2D eigenvalue weighted by Gasteiger charge is -2.32. The molecule has 2 aromatic rings. The van der Waals surface area contributed by atoms with Crippen LogP contribution in [0.3, 0.4) is 0 Å². The summed E-state index contributed by atoms with van der Waals surface area (Å²) in [6.07, 6.45) is 2.82. The first-order chi connectivity index (χ1) is 15.7. The minimum atomic E-state index is -3.42. The Labute approximate surface area is 195 Å². The number of piperidine rings is 1. The van der Waals surface area contributed by atoms with Crippen LogP contribution in [0.25, 0.3) is 0 Å². The van der Waals surface area contributed by atoms with E-state index in [-0.39, 0.29) is 11.9 Å². The highest BCUT2D eigenvalue weighted by atomic mass is 32.2. The Hall–Kier alpha value is -3.07. The van der Waals surface area contributed by atoms with Crippen molar-refractivity contribution in [2.75, 3.05) is 30.6 Å². The summed E-state index contributed by atoms with van der Waals surface area (Å²) in [5.41, 5.74) is 3.95. The third-order valence-electron chi connectivity index (χ3n) is 5.80. The largest absolute Gasteiger partial charge is 0.339 e. The summed E-state index contributed by atoms with van der Waals surface area (Å²) in [6.45, 7) is 6.04. The van der Waals surface area contributed by atoms with Crippen LogP contribution in [0.15, 0.2) is 42.5 Å². The molecule has 178 valence electrons. The van der Waals surface area contributed by atoms with Gasteiger partial charge in [-0.15, -0.1) is 0 Å². The summed E-state index contributed by atoms with van der Waals surface area (Å²) < 4.78 is 25.7. The minimum Gasteiger partial charge on any atom is -0.339 e. The van der Waals surface area contributed by atoms with E-state index in [9.17, 15) is 18.0 Å². The van der Waals surface area contributed by atoms with E-state index in [4.69, 9.17) is 0 Å². The molecular formula is C24H32N4O4S. The molecule has 9 heteroatoms. The zero-order chi connectivity index (χ0) is 24.0. The van der Waals surface area contributed by atoms with Gasteiger partial charge in [0.25, 0.3) is 5.91 Å². The second-order valence-corrected chi connectivity index (χ2v) is 10.2. The number of aryl methyl sites for hydroxylation is 1. The summed E-state index contributed by atoms with van der Waals surface area (Å²) in [6, 6.07) is 13.2. The van der Waals surface area contributed by atoms with Crippen molar-refractivity contribution in [2.24, 2.45) is 0 Å². The monoisotopic (exact) mass is 472 g/mol. The van der Waals surface area contributed by atoms with E-state index in [2.05, 4.69) is 27.5 Å². The number of amides is 3. The topological polar surface area (TPSA) is 108 Å². The Balaban J connectivity index is 1.57. The number of nitrogens with zero attached hydrogens (tertiary/aromatic N) is 1. The minimum absolute atomic E-state index is 0.0863. The number of nitrogens with one attached hydrogen (secondary N) is 3. The van der Waals surface area contributed by atoms with Gasteiger partial charge in [-0.2, -0.15) is 0 Å². The van der Waals surface area contributed by atoms with Gasteiger partial charge < -0.3 is 15.5 Å². The molecular weight excluding hydrogens is 440 g/mol. The summed E-state index contributed by atoms with van der Waals surface area (Å²) in [7, 11) is -3.42. The van der Waals surface area contributed by atoms with Crippen molar-refractivity contribution in [1.29, 1.82) is 0 Å². The highest BCUT2D eigenvalue weighted by Gasteiger charge is 2.25. The molecule has 1 saturated heterocycles. The number of carbonyl (C=O) groups is 2. The van der Waals surface area contributed by atoms with Gasteiger partial charge >= 0.3 is 6.03 Å². The van der Waals surface area contributed by atoms with Gasteiger partial charge in [-0.25, -0.2) is 13.2 Å². The van der Waals surface area contributed by atoms with E-state index in [0.717, 1.165) is 30.2 Å². The van der Waals surface area contributed by atoms with Gasteiger partial charge in [0.2, 0.25) is 10.0 Å². The van der Waals surface area contributed by atoms with Gasteiger partial charge in [0.15, 0.2) is 0 Å². The Bertz CT molecular complexity index is 1090. The third-order valence-corrected chi connectivity index (χ3v) is 6.39. The lowest BCUT2D eigenvalue weighted by Crippen LogP contribution is -2.38. The van der Waals surface area contributed by atoms with Crippen molar-refractivity contribution in [2.45, 2.75) is 39.2 Å². The second kappa shape index (κ2) is 10.7. The molecule has 3 rings (SSSR count). The van der Waals surface area contributed by atoms with E-state index in [1.165, 1.54) is 5.56 Å². The maximum atomic E-state index is 13.0. The average molecular weight is 473 g/mol. The van der Waals surface area contributed by atoms with Gasteiger partial charge in [0.05, 0.1) is 11.9 Å². The van der Waals surface area contributed by atoms with Crippen LogP contribution in [-0.4, -0.2) is 51.1 Å². The fourth-order valence-corrected chi connectivity index (χ4v) is 4.60. The molecule has 3 N–H and O–H groups in total. The van der Waals surface area contributed by atoms with E-state index < -0.39 is 10.0 Å². The molecule has 0 unspecified atom stereocenters. The number of carbonyl (C=O) groups excluding carboxylic acids is 2. The van der Waals surface area contributed by atoms with E-state index in [1.54, 1.807) is 25.1 Å². The van der Waals surface area contributed by atoms with Crippen molar-refractivity contribution in [3.63, 3.8) is 0 Å². The average Bonchev–Trinajstić information content (AvgIpc) is 2.78. The van der Waals surface area contributed by atoms with E-state index >= 15 is 0 Å². The van der Waals surface area contributed by atoms with Crippen LogP contribution in [-0.2, 0) is 16.6 Å². The number of urea groups is 1. The molecule has 0 aromatic heterocycles. The first kappa shape index (κ1) is 24.6. The number of likely N-dealkylation sites (tertiary alicyclic amines) is 1. The Morgan fingerprint density at radius 3 is 2.30 bits per heavy atom. The molecule has 0 bridgehead atoms. The van der Waals surface area contributed by atoms with Gasteiger partial charge in [0.1, 0.15) is 0 Å². The lowest BCUT2D eigenvalue weighted by molar-refractivity contribution is 0.0713. The van der Waals surface area contributed by atoms with Crippen molar-refractivity contribution < 1.29 is 18.0 Å². The predicted molar refractivity (Wildman–Crippen MR) is 130 cm³/mol. The van der Waals surface area contributed by atoms with Crippen molar-refractivity contribution in [3.05, 3.63) is 64.7 Å². The first-order valence-corrected chi connectivity index (χ1v) is 13.0. The van der Waals surface area contributed by atoms with Gasteiger partial charge in [-0.05, 0) is 61.4 Å². The molecule has 0 aliphatic carbocycles. The summed E-state index contributed by atoms with van der Waals surface area (Å²) in [5.74, 6) is 0.289. The molecule has 0 atom stereocenters. The molecule has 1 fully saturated rings. The second-order valence-electron chi connectivity index (χ2n) is 8.42. The zero-order valence-corrected chi connectivity index (χ0v) is 20.2. The number of sulfonamides is 1. The molecule has 3 amide bonds. The zero-order valence-electron chi connectivity index (χ0n) is 19.3. The number of benzene rings is 2. The van der Waals surface area contributed by atoms with Crippen LogP contribution < -0.4 is 15.4 Å². The Morgan fingerprint density at radius 1 is 1.03 bits per heavy atom. The van der Waals surface area contributed by atoms with Gasteiger partial charge in [0, 0.05) is 31.7 Å². The molecule has 0 radical (unpaired) electrons. The smallest absolute Gasteiger partial charge is 0.315 e. The van der Waals surface area contributed by atoms with Crippen molar-refractivity contribution >= 4 is 27.6 Å². The quantitative estimate of drug-likeness (QED) is 0.575. The van der Waals surface area contributed by atoms with Crippen LogP contribution in [0.5, 0.6) is 0 Å². The molecule has 0 saturated carbocycles. The van der Waals surface area contributed by atoms with Gasteiger partial charge in [-0.3, -0.25) is 9.52 Å². The lowest BCUT2D eigenvalue weighted by atomic mass is 9.88. The summed E-state index contributed by atoms with van der Waals surface area (Å²) in [5, 5.41) is 5.53.